The highest BCUT2D eigenvalue weighted by molar-refractivity contribution is 6.18. The Kier molecular flexibility index (Phi) is 3.69. The van der Waals surface area contributed by atoms with Crippen molar-refractivity contribution < 1.29 is 14.6 Å². The Hall–Kier alpha value is -0.800. The number of ketones is 1. The molecule has 0 bridgehead atoms. The fraction of sp³-hybridized carbons (Fsp3) is 0.706. The lowest BCUT2D eigenvalue weighted by Crippen LogP contribution is -2.65. The number of aliphatic hydroxyl groups excluding tert-OH is 1. The maximum absolute atomic E-state index is 12.5. The lowest BCUT2D eigenvalue weighted by atomic mass is 9.59. The average molecular weight is 311 g/mol. The molecule has 1 N–H and O–H groups in total. The molecule has 0 spiro atoms. The highest BCUT2D eigenvalue weighted by atomic mass is 35.5. The van der Waals surface area contributed by atoms with Crippen molar-refractivity contribution in [2.45, 2.75) is 50.7 Å². The first kappa shape index (κ1) is 15.1. The second kappa shape index (κ2) is 5.13. The second-order valence-corrected chi connectivity index (χ2v) is 7.12. The van der Waals surface area contributed by atoms with Crippen LogP contribution >= 0.6 is 11.6 Å². The molecule has 3 aliphatic rings. The van der Waals surface area contributed by atoms with Gasteiger partial charge in [-0.1, -0.05) is 18.7 Å². The van der Waals surface area contributed by atoms with Crippen molar-refractivity contribution in [1.82, 2.24) is 0 Å². The number of carbonyl (C=O) groups is 1. The van der Waals surface area contributed by atoms with Crippen molar-refractivity contribution in [3.05, 3.63) is 24.5 Å². The molecule has 3 rings (SSSR count). The third-order valence-electron chi connectivity index (χ3n) is 5.83. The topological polar surface area (TPSA) is 46.5 Å². The van der Waals surface area contributed by atoms with Gasteiger partial charge < -0.3 is 9.84 Å². The number of carbonyl (C=O) groups excluding carboxylic acids is 1. The number of hydrogen-bond acceptors (Lipinski definition) is 3. The van der Waals surface area contributed by atoms with Crippen molar-refractivity contribution in [1.29, 1.82) is 0 Å². The van der Waals surface area contributed by atoms with E-state index in [1.54, 1.807) is 0 Å². The Bertz CT molecular complexity index is 500. The molecule has 0 aromatic rings. The third-order valence-corrected chi connectivity index (χ3v) is 6.04. The molecule has 2 fully saturated rings. The van der Waals surface area contributed by atoms with Crippen LogP contribution in [0.3, 0.4) is 0 Å². The zero-order valence-electron chi connectivity index (χ0n) is 12.5. The van der Waals surface area contributed by atoms with Gasteiger partial charge in [0, 0.05) is 18.2 Å². The molecule has 116 valence electrons. The number of aliphatic hydroxyl groups is 1. The molecule has 0 aromatic carbocycles. The molecule has 3 nitrogen and oxygen atoms in total. The fourth-order valence-electron chi connectivity index (χ4n) is 4.61. The van der Waals surface area contributed by atoms with E-state index in [4.69, 9.17) is 16.3 Å². The molecule has 0 aromatic heterocycles. The maximum atomic E-state index is 12.5. The van der Waals surface area contributed by atoms with Gasteiger partial charge in [0.25, 0.3) is 0 Å². The van der Waals surface area contributed by atoms with Crippen LogP contribution < -0.4 is 0 Å². The van der Waals surface area contributed by atoms with Gasteiger partial charge in [-0.25, -0.2) is 0 Å². The molecular weight excluding hydrogens is 288 g/mol. The molecule has 1 saturated heterocycles. The number of alkyl halides is 1. The first-order chi connectivity index (χ1) is 9.97. The van der Waals surface area contributed by atoms with Gasteiger partial charge in [0.1, 0.15) is 22.6 Å². The van der Waals surface area contributed by atoms with Gasteiger partial charge in [0.15, 0.2) is 0 Å². The molecule has 1 saturated carbocycles. The lowest BCUT2D eigenvalue weighted by Gasteiger charge is -2.59. The van der Waals surface area contributed by atoms with Crippen LogP contribution in [-0.4, -0.2) is 28.5 Å². The van der Waals surface area contributed by atoms with Crippen LogP contribution in [0, 0.1) is 17.3 Å². The SMILES string of the molecule is C=C1O[C@@]2(C)[C@H](CCCl)C(=O)C[C@@]12[C@@H](O)[C@@H]1C=CCCC1. The van der Waals surface area contributed by atoms with Crippen LogP contribution in [0.4, 0.5) is 0 Å². The van der Waals surface area contributed by atoms with E-state index in [9.17, 15) is 9.90 Å². The third kappa shape index (κ3) is 1.86. The van der Waals surface area contributed by atoms with Crippen molar-refractivity contribution in [3.8, 4) is 0 Å². The number of ether oxygens (including phenoxy) is 1. The van der Waals surface area contributed by atoms with Crippen LogP contribution in [0.15, 0.2) is 24.5 Å². The van der Waals surface area contributed by atoms with Gasteiger partial charge in [0.2, 0.25) is 0 Å². The van der Waals surface area contributed by atoms with Crippen LogP contribution in [-0.2, 0) is 9.53 Å². The average Bonchev–Trinajstić information content (AvgIpc) is 2.65. The van der Waals surface area contributed by atoms with Gasteiger partial charge in [-0.05, 0) is 32.6 Å². The summed E-state index contributed by atoms with van der Waals surface area (Å²) in [5.41, 5.74) is -1.28. The first-order valence-corrected chi connectivity index (χ1v) is 8.32. The molecule has 0 radical (unpaired) electrons. The molecule has 0 unspecified atom stereocenters. The highest BCUT2D eigenvalue weighted by Gasteiger charge is 2.75. The zero-order chi connectivity index (χ0) is 15.3. The summed E-state index contributed by atoms with van der Waals surface area (Å²) in [7, 11) is 0. The molecule has 21 heavy (non-hydrogen) atoms. The van der Waals surface area contributed by atoms with E-state index >= 15 is 0 Å². The molecule has 4 heteroatoms. The smallest absolute Gasteiger partial charge is 0.141 e. The van der Waals surface area contributed by atoms with Crippen molar-refractivity contribution >= 4 is 17.4 Å². The Labute approximate surface area is 131 Å². The van der Waals surface area contributed by atoms with E-state index < -0.39 is 17.1 Å². The number of hydrogen-bond donors (Lipinski definition) is 1. The Balaban J connectivity index is 1.94. The summed E-state index contributed by atoms with van der Waals surface area (Å²) in [4.78, 5) is 12.5. The molecule has 0 amide bonds. The molecule has 1 heterocycles. The van der Waals surface area contributed by atoms with E-state index in [2.05, 4.69) is 18.7 Å². The zero-order valence-corrected chi connectivity index (χ0v) is 13.2. The summed E-state index contributed by atoms with van der Waals surface area (Å²) in [6.07, 6.45) is 7.64. The second-order valence-electron chi connectivity index (χ2n) is 6.74. The summed E-state index contributed by atoms with van der Waals surface area (Å²) >= 11 is 5.85. The monoisotopic (exact) mass is 310 g/mol. The van der Waals surface area contributed by atoms with Crippen molar-refractivity contribution in [3.63, 3.8) is 0 Å². The van der Waals surface area contributed by atoms with Crippen LogP contribution in [0.1, 0.15) is 39.0 Å². The van der Waals surface area contributed by atoms with Gasteiger partial charge in [-0.3, -0.25) is 4.79 Å². The van der Waals surface area contributed by atoms with Crippen LogP contribution in [0.25, 0.3) is 0 Å². The predicted molar refractivity (Wildman–Crippen MR) is 82.0 cm³/mol. The van der Waals surface area contributed by atoms with E-state index in [1.165, 1.54) is 0 Å². The summed E-state index contributed by atoms with van der Waals surface area (Å²) in [6.45, 7) is 5.92. The minimum atomic E-state index is -0.652. The van der Waals surface area contributed by atoms with Crippen LogP contribution in [0.2, 0.25) is 0 Å². The number of rotatable bonds is 4. The Morgan fingerprint density at radius 3 is 2.95 bits per heavy atom. The molecule has 5 atom stereocenters. The Morgan fingerprint density at radius 1 is 1.62 bits per heavy atom. The van der Waals surface area contributed by atoms with E-state index in [-0.39, 0.29) is 17.6 Å². The van der Waals surface area contributed by atoms with Crippen molar-refractivity contribution in [2.75, 3.05) is 5.88 Å². The number of allylic oxidation sites excluding steroid dienone is 1. The van der Waals surface area contributed by atoms with E-state index in [0.717, 1.165) is 19.3 Å². The van der Waals surface area contributed by atoms with Gasteiger partial charge >= 0.3 is 0 Å². The summed E-state index contributed by atoms with van der Waals surface area (Å²) in [5.74, 6) is 0.999. The van der Waals surface area contributed by atoms with E-state index in [0.29, 0.717) is 24.5 Å². The van der Waals surface area contributed by atoms with Crippen molar-refractivity contribution in [2.24, 2.45) is 17.3 Å². The van der Waals surface area contributed by atoms with E-state index in [1.807, 2.05) is 6.92 Å². The summed E-state index contributed by atoms with van der Waals surface area (Å²) in [5, 5.41) is 11.0. The number of Topliss-reactive ketones (excluding diaryl/α,β-unsaturated/α-hetero) is 1. The highest BCUT2D eigenvalue weighted by Crippen LogP contribution is 2.66. The normalized spacial score (nSPS) is 43.2. The lowest BCUT2D eigenvalue weighted by molar-refractivity contribution is -0.242. The van der Waals surface area contributed by atoms with Gasteiger partial charge in [-0.15, -0.1) is 11.6 Å². The van der Waals surface area contributed by atoms with Gasteiger partial charge in [0.05, 0.1) is 12.0 Å². The standard InChI is InChI=1S/C17H23ClO3/c1-11-17(15(20)12-6-4-3-5-7-12)10-14(19)13(8-9-18)16(17,2)21-11/h4,6,12-13,15,20H,1,3,5,7-10H2,2H3/t12-,13-,15+,16+,17+/m1/s1. The summed E-state index contributed by atoms with van der Waals surface area (Å²) in [6, 6.07) is 0. The van der Waals surface area contributed by atoms with Gasteiger partial charge in [-0.2, -0.15) is 0 Å². The minimum Gasteiger partial charge on any atom is -0.490 e. The fourth-order valence-corrected chi connectivity index (χ4v) is 4.82. The predicted octanol–water partition coefficient (Wildman–Crippen LogP) is 3.21. The van der Waals surface area contributed by atoms with Crippen LogP contribution in [0.5, 0.6) is 0 Å². The number of fused-ring (bicyclic) bond motifs is 1. The summed E-state index contributed by atoms with van der Waals surface area (Å²) < 4.78 is 5.84. The largest absolute Gasteiger partial charge is 0.490 e. The first-order valence-electron chi connectivity index (χ1n) is 7.79. The Morgan fingerprint density at radius 2 is 2.38 bits per heavy atom. The maximum Gasteiger partial charge on any atom is 0.141 e. The molecular formula is C17H23ClO3. The molecule has 2 aliphatic carbocycles. The minimum absolute atomic E-state index is 0.0845. The molecule has 1 aliphatic heterocycles. The number of halogens is 1. The quantitative estimate of drug-likeness (QED) is 0.640.